The summed E-state index contributed by atoms with van der Waals surface area (Å²) in [5.74, 6) is 0.858. The number of hydrogen-bond donors (Lipinski definition) is 3. The first-order valence-corrected chi connectivity index (χ1v) is 10.7. The van der Waals surface area contributed by atoms with Crippen LogP contribution in [-0.4, -0.2) is 25.5 Å². The second-order valence-corrected chi connectivity index (χ2v) is 8.27. The Kier molecular flexibility index (Phi) is 7.52. The molecule has 0 bridgehead atoms. The molecule has 2 heterocycles. The third-order valence-corrected chi connectivity index (χ3v) is 5.19. The molecule has 0 fully saturated rings. The second-order valence-electron chi connectivity index (χ2n) is 7.88. The van der Waals surface area contributed by atoms with Crippen LogP contribution in [0.5, 0.6) is 0 Å². The van der Waals surface area contributed by atoms with Gasteiger partial charge < -0.3 is 15.4 Å². The number of aliphatic hydroxyl groups excluding tert-OH is 1. The Labute approximate surface area is 185 Å². The Morgan fingerprint density at radius 3 is 2.87 bits per heavy atom. The number of hydrogen-bond acceptors (Lipinski definition) is 4. The molecule has 0 saturated heterocycles. The van der Waals surface area contributed by atoms with Gasteiger partial charge in [0.1, 0.15) is 16.7 Å². The number of aromatic nitrogens is 3. The maximum Gasteiger partial charge on any atom is 0.275 e. The van der Waals surface area contributed by atoms with Gasteiger partial charge in [0.05, 0.1) is 23.8 Å². The Morgan fingerprint density at radius 2 is 2.13 bits per heavy atom. The number of nitrogens with zero attached hydrogens (tertiary/aromatic N) is 2. The van der Waals surface area contributed by atoms with E-state index in [-0.39, 0.29) is 35.3 Å². The number of pyridine rings is 1. The molecule has 0 radical (unpaired) electrons. The number of benzene rings is 1. The number of carbonyl (C=O) groups excluding carboxylic acids is 1. The molecular weight excluding hydrogens is 416 g/mol. The number of rotatable bonds is 9. The molecule has 3 aromatic rings. The molecule has 2 aromatic heterocycles. The maximum absolute atomic E-state index is 12.9. The fourth-order valence-corrected chi connectivity index (χ4v) is 3.64. The summed E-state index contributed by atoms with van der Waals surface area (Å²) in [7, 11) is 0. The molecule has 0 spiro atoms. The largest absolute Gasteiger partial charge is 0.516 e. The first kappa shape index (κ1) is 22.6. The number of amides is 1. The first-order valence-electron chi connectivity index (χ1n) is 10.3. The highest BCUT2D eigenvalue weighted by atomic mass is 35.5. The van der Waals surface area contributed by atoms with E-state index in [2.05, 4.69) is 30.2 Å². The van der Waals surface area contributed by atoms with E-state index in [1.807, 2.05) is 12.1 Å². The normalized spacial score (nSPS) is 11.6. The first-order chi connectivity index (χ1) is 14.9. The quantitative estimate of drug-likeness (QED) is 0.251. The van der Waals surface area contributed by atoms with Gasteiger partial charge in [0, 0.05) is 6.42 Å². The van der Waals surface area contributed by atoms with E-state index in [1.54, 1.807) is 12.1 Å². The minimum Gasteiger partial charge on any atom is -0.516 e. The number of unbranched alkanes of at least 4 members (excludes halogenated alkanes) is 1. The van der Waals surface area contributed by atoms with Crippen LogP contribution in [0.1, 0.15) is 44.5 Å². The van der Waals surface area contributed by atoms with Gasteiger partial charge in [-0.1, -0.05) is 43.7 Å². The van der Waals surface area contributed by atoms with Crippen molar-refractivity contribution in [2.75, 3.05) is 5.32 Å². The molecule has 1 aromatic carbocycles. The SMILES string of the molecule is CC(C)Cc1cccc2[nH]c(Cn3c(Cl)ccc(NC(=O)CCC/C=C\O)c3=O)nc12. The lowest BCUT2D eigenvalue weighted by Gasteiger charge is -2.10. The molecule has 3 N–H and O–H groups in total. The maximum atomic E-state index is 12.9. The number of halogens is 1. The van der Waals surface area contributed by atoms with Crippen molar-refractivity contribution >= 4 is 34.2 Å². The van der Waals surface area contributed by atoms with E-state index in [9.17, 15) is 9.59 Å². The van der Waals surface area contributed by atoms with Crippen molar-refractivity contribution in [1.29, 1.82) is 0 Å². The minimum absolute atomic E-state index is 0.165. The van der Waals surface area contributed by atoms with Gasteiger partial charge >= 0.3 is 0 Å². The summed E-state index contributed by atoms with van der Waals surface area (Å²) in [6, 6.07) is 9.11. The molecule has 1 amide bonds. The molecule has 0 aliphatic heterocycles. The molecule has 7 nitrogen and oxygen atoms in total. The fourth-order valence-electron chi connectivity index (χ4n) is 3.44. The van der Waals surface area contributed by atoms with Gasteiger partial charge in [0.25, 0.3) is 5.56 Å². The second kappa shape index (κ2) is 10.3. The van der Waals surface area contributed by atoms with Gasteiger partial charge in [0.15, 0.2) is 0 Å². The average molecular weight is 443 g/mol. The topological polar surface area (TPSA) is 100 Å². The molecule has 8 heteroatoms. The zero-order valence-electron chi connectivity index (χ0n) is 17.7. The number of fused-ring (bicyclic) bond motifs is 1. The van der Waals surface area contributed by atoms with Crippen LogP contribution in [0.15, 0.2) is 47.5 Å². The third kappa shape index (κ3) is 5.76. The van der Waals surface area contributed by atoms with E-state index < -0.39 is 0 Å². The van der Waals surface area contributed by atoms with Crippen LogP contribution in [-0.2, 0) is 17.8 Å². The Hall–Kier alpha value is -3.06. The van der Waals surface area contributed by atoms with Crippen LogP contribution < -0.4 is 10.9 Å². The summed E-state index contributed by atoms with van der Waals surface area (Å²) in [6.07, 6.45) is 4.84. The van der Waals surface area contributed by atoms with Gasteiger partial charge in [0.2, 0.25) is 5.91 Å². The Balaban J connectivity index is 1.81. The van der Waals surface area contributed by atoms with Crippen LogP contribution in [0.4, 0.5) is 5.69 Å². The molecular formula is C23H27ClN4O3. The highest BCUT2D eigenvalue weighted by Gasteiger charge is 2.14. The van der Waals surface area contributed by atoms with Gasteiger partial charge in [-0.25, -0.2) is 4.98 Å². The lowest BCUT2D eigenvalue weighted by atomic mass is 10.0. The van der Waals surface area contributed by atoms with E-state index in [0.29, 0.717) is 24.6 Å². The van der Waals surface area contributed by atoms with Gasteiger partial charge in [-0.2, -0.15) is 0 Å². The van der Waals surface area contributed by atoms with Crippen LogP contribution in [0.2, 0.25) is 5.15 Å². The summed E-state index contributed by atoms with van der Waals surface area (Å²) in [5.41, 5.74) is 2.75. The molecule has 0 atom stereocenters. The summed E-state index contributed by atoms with van der Waals surface area (Å²) >= 11 is 6.28. The molecule has 3 rings (SSSR count). The number of para-hydroxylation sites is 1. The molecule has 0 unspecified atom stereocenters. The predicted octanol–water partition coefficient (Wildman–Crippen LogP) is 4.81. The number of allylic oxidation sites excluding steroid dienone is 1. The number of carbonyl (C=O) groups is 1. The molecule has 0 saturated carbocycles. The number of nitrogens with one attached hydrogen (secondary N) is 2. The zero-order chi connectivity index (χ0) is 22.4. The van der Waals surface area contributed by atoms with Crippen LogP contribution in [0, 0.1) is 5.92 Å². The van der Waals surface area contributed by atoms with Crippen molar-refractivity contribution in [3.8, 4) is 0 Å². The number of imidazole rings is 1. The molecule has 31 heavy (non-hydrogen) atoms. The van der Waals surface area contributed by atoms with E-state index >= 15 is 0 Å². The van der Waals surface area contributed by atoms with Crippen molar-refractivity contribution in [3.63, 3.8) is 0 Å². The third-order valence-electron chi connectivity index (χ3n) is 4.86. The lowest BCUT2D eigenvalue weighted by molar-refractivity contribution is -0.116. The van der Waals surface area contributed by atoms with Gasteiger partial charge in [-0.3, -0.25) is 14.2 Å². The van der Waals surface area contributed by atoms with Crippen molar-refractivity contribution in [1.82, 2.24) is 14.5 Å². The summed E-state index contributed by atoms with van der Waals surface area (Å²) in [4.78, 5) is 33.0. The molecule has 164 valence electrons. The Morgan fingerprint density at radius 1 is 1.32 bits per heavy atom. The minimum atomic E-state index is -0.390. The van der Waals surface area contributed by atoms with Crippen LogP contribution in [0.25, 0.3) is 11.0 Å². The summed E-state index contributed by atoms with van der Waals surface area (Å²) in [6.45, 7) is 4.49. The number of anilines is 1. The molecule has 0 aliphatic carbocycles. The highest BCUT2D eigenvalue weighted by Crippen LogP contribution is 2.20. The number of aliphatic hydroxyl groups is 1. The monoisotopic (exact) mass is 442 g/mol. The van der Waals surface area contributed by atoms with E-state index in [1.165, 1.54) is 10.6 Å². The predicted molar refractivity (Wildman–Crippen MR) is 124 cm³/mol. The summed E-state index contributed by atoms with van der Waals surface area (Å²) in [5, 5.41) is 11.5. The van der Waals surface area contributed by atoms with Crippen molar-refractivity contribution < 1.29 is 9.90 Å². The summed E-state index contributed by atoms with van der Waals surface area (Å²) < 4.78 is 1.38. The standard InChI is InChI=1S/C23H27ClN4O3/c1-15(2)13-16-7-6-8-17-22(16)27-20(25-17)14-28-19(24)11-10-18(23(28)31)26-21(30)9-4-3-5-12-29/h5-8,10-12,15,29H,3-4,9,13-14H2,1-2H3,(H,25,27)(H,26,30)/b12-5-. The van der Waals surface area contributed by atoms with E-state index in [4.69, 9.17) is 21.7 Å². The van der Waals surface area contributed by atoms with Crippen molar-refractivity contribution in [2.24, 2.45) is 5.92 Å². The van der Waals surface area contributed by atoms with Gasteiger partial charge in [-0.05, 0) is 48.9 Å². The van der Waals surface area contributed by atoms with Crippen molar-refractivity contribution in [2.45, 2.75) is 46.1 Å². The number of aromatic amines is 1. The van der Waals surface area contributed by atoms with E-state index in [0.717, 1.165) is 29.3 Å². The van der Waals surface area contributed by atoms with Gasteiger partial charge in [-0.15, -0.1) is 0 Å². The highest BCUT2D eigenvalue weighted by molar-refractivity contribution is 6.29. The lowest BCUT2D eigenvalue weighted by Crippen LogP contribution is -2.27. The molecule has 0 aliphatic rings. The smallest absolute Gasteiger partial charge is 0.275 e. The average Bonchev–Trinajstić information content (AvgIpc) is 3.14. The van der Waals surface area contributed by atoms with Crippen molar-refractivity contribution in [3.05, 3.63) is 69.6 Å². The van der Waals surface area contributed by atoms with Crippen LogP contribution >= 0.6 is 11.6 Å². The fraction of sp³-hybridized carbons (Fsp3) is 0.348. The number of H-pyrrole nitrogens is 1. The van der Waals surface area contributed by atoms with Crippen LogP contribution in [0.3, 0.4) is 0 Å². The Bertz CT molecular complexity index is 1150. The zero-order valence-corrected chi connectivity index (χ0v) is 18.4.